The third kappa shape index (κ3) is 6.86. The molecule has 0 radical (unpaired) electrons. The van der Waals surface area contributed by atoms with Gasteiger partial charge in [0.2, 0.25) is 0 Å². The Labute approximate surface area is 328 Å². The number of hydrogen-bond donors (Lipinski definition) is 1. The van der Waals surface area contributed by atoms with Gasteiger partial charge in [0.1, 0.15) is 35.5 Å². The number of fused-ring (bicyclic) bond motifs is 3. The van der Waals surface area contributed by atoms with Crippen LogP contribution in [0.5, 0.6) is 0 Å². The summed E-state index contributed by atoms with van der Waals surface area (Å²) in [6.45, 7) is 18.1. The highest BCUT2D eigenvalue weighted by Crippen LogP contribution is 2.45. The van der Waals surface area contributed by atoms with Crippen molar-refractivity contribution in [3.63, 3.8) is 0 Å². The van der Waals surface area contributed by atoms with Gasteiger partial charge in [-0.15, -0.1) is 12.6 Å². The van der Waals surface area contributed by atoms with Gasteiger partial charge < -0.3 is 18.2 Å². The average Bonchev–Trinajstić information content (AvgIpc) is 3.85. The monoisotopic (exact) mass is 749 g/mol. The van der Waals surface area contributed by atoms with Crippen LogP contribution in [0.4, 0.5) is 17.1 Å². The highest BCUT2D eigenvalue weighted by atomic mass is 32.2. The maximum atomic E-state index is 6.56. The Balaban J connectivity index is 1.19. The molecule has 5 aromatic carbocycles. The highest BCUT2D eigenvalue weighted by Gasteiger charge is 2.27. The summed E-state index contributed by atoms with van der Waals surface area (Å²) < 4.78 is 18.3. The van der Waals surface area contributed by atoms with Gasteiger partial charge in [-0.3, -0.25) is 0 Å². The fraction of sp³-hybridized carbons (Fsp3) is 0.250. The molecule has 8 aromatic rings. The Bertz CT molecular complexity index is 2630. The van der Waals surface area contributed by atoms with Crippen molar-refractivity contribution in [3.05, 3.63) is 144 Å². The van der Waals surface area contributed by atoms with E-state index in [9.17, 15) is 0 Å². The van der Waals surface area contributed by atoms with Crippen molar-refractivity contribution in [2.24, 2.45) is 0 Å². The summed E-state index contributed by atoms with van der Waals surface area (Å²) in [4.78, 5) is 5.41. The molecule has 0 amide bonds. The van der Waals surface area contributed by atoms with Crippen molar-refractivity contribution in [2.45, 2.75) is 92.7 Å². The molecule has 54 heavy (non-hydrogen) atoms. The number of rotatable bonds is 8. The van der Waals surface area contributed by atoms with E-state index < -0.39 is 0 Å². The van der Waals surface area contributed by atoms with Gasteiger partial charge in [-0.1, -0.05) is 110 Å². The molecule has 0 atom stereocenters. The summed E-state index contributed by atoms with van der Waals surface area (Å²) >= 11 is 6.36. The first-order valence-electron chi connectivity index (χ1n) is 18.6. The molecule has 3 heterocycles. The molecule has 8 rings (SSSR count). The molecule has 0 saturated heterocycles. The normalized spacial score (nSPS) is 12.7. The van der Waals surface area contributed by atoms with Crippen molar-refractivity contribution in [1.29, 1.82) is 0 Å². The number of furan rings is 3. The van der Waals surface area contributed by atoms with Crippen LogP contribution < -0.4 is 4.90 Å². The van der Waals surface area contributed by atoms with E-state index in [1.54, 1.807) is 18.0 Å². The van der Waals surface area contributed by atoms with Crippen molar-refractivity contribution < 1.29 is 13.3 Å². The zero-order valence-corrected chi connectivity index (χ0v) is 34.0. The van der Waals surface area contributed by atoms with Crippen molar-refractivity contribution in [1.82, 2.24) is 0 Å². The fourth-order valence-electron chi connectivity index (χ4n) is 7.33. The van der Waals surface area contributed by atoms with Gasteiger partial charge in [-0.2, -0.15) is 0 Å². The minimum atomic E-state index is -0.175. The van der Waals surface area contributed by atoms with E-state index in [0.717, 1.165) is 76.6 Å². The Morgan fingerprint density at radius 3 is 1.96 bits per heavy atom. The summed E-state index contributed by atoms with van der Waals surface area (Å²) in [5, 5.41) is 3.24. The summed E-state index contributed by atoms with van der Waals surface area (Å²) in [7, 11) is 0. The third-order valence-electron chi connectivity index (χ3n) is 10.6. The molecule has 0 spiro atoms. The van der Waals surface area contributed by atoms with Crippen LogP contribution in [-0.2, 0) is 22.7 Å². The van der Waals surface area contributed by atoms with Gasteiger partial charge in [0.05, 0.1) is 15.5 Å². The molecule has 274 valence electrons. The number of benzene rings is 5. The predicted octanol–water partition coefficient (Wildman–Crippen LogP) is 15.0. The zero-order chi connectivity index (χ0) is 38.0. The molecule has 0 bridgehead atoms. The van der Waals surface area contributed by atoms with Crippen LogP contribution in [0.3, 0.4) is 0 Å². The Morgan fingerprint density at radius 2 is 1.22 bits per heavy atom. The second-order valence-corrected chi connectivity index (χ2v) is 18.7. The van der Waals surface area contributed by atoms with Crippen LogP contribution in [0.1, 0.15) is 77.6 Å². The lowest BCUT2D eigenvalue weighted by Gasteiger charge is -2.27. The van der Waals surface area contributed by atoms with Crippen LogP contribution in [0.2, 0.25) is 0 Å². The third-order valence-corrected chi connectivity index (χ3v) is 11.9. The highest BCUT2D eigenvalue weighted by molar-refractivity contribution is 7.99. The molecule has 0 fully saturated rings. The van der Waals surface area contributed by atoms with Gasteiger partial charge in [0.15, 0.2) is 0 Å². The summed E-state index contributed by atoms with van der Waals surface area (Å²) in [5.41, 5.74) is 10.7. The van der Waals surface area contributed by atoms with Crippen molar-refractivity contribution in [3.8, 4) is 0 Å². The Morgan fingerprint density at radius 1 is 0.574 bits per heavy atom. The number of hydrogen-bond acceptors (Lipinski definition) is 6. The van der Waals surface area contributed by atoms with Crippen LogP contribution in [0.25, 0.3) is 32.9 Å². The summed E-state index contributed by atoms with van der Waals surface area (Å²) in [5.74, 6) is 0. The summed E-state index contributed by atoms with van der Waals surface area (Å²) in [6, 6.07) is 37.2. The molecule has 0 aliphatic heterocycles. The summed E-state index contributed by atoms with van der Waals surface area (Å²) in [6.07, 6.45) is 6.30. The second-order valence-electron chi connectivity index (χ2n) is 17.1. The van der Waals surface area contributed by atoms with E-state index in [4.69, 9.17) is 13.3 Å². The van der Waals surface area contributed by atoms with E-state index >= 15 is 0 Å². The van der Waals surface area contributed by atoms with Gasteiger partial charge in [0.25, 0.3) is 0 Å². The SMILES string of the molecule is CC(C)(C)c1ccc(N(c2cccc(Sc3coc4ccc(C(C)(C)C)cc34)c2)c2coc3c(CC(C)(C)c4ccc5occ(S)c5c4)cccc23)cc1. The first-order chi connectivity index (χ1) is 25.7. The van der Waals surface area contributed by atoms with E-state index in [0.29, 0.717) is 0 Å². The Kier molecular flexibility index (Phi) is 9.06. The van der Waals surface area contributed by atoms with Gasteiger partial charge in [-0.05, 0) is 106 Å². The molecule has 3 aromatic heterocycles. The van der Waals surface area contributed by atoms with E-state index in [1.165, 1.54) is 16.7 Å². The maximum absolute atomic E-state index is 6.56. The largest absolute Gasteiger partial charge is 0.463 e. The van der Waals surface area contributed by atoms with E-state index in [-0.39, 0.29) is 16.2 Å². The molecular weight excluding hydrogens is 703 g/mol. The lowest BCUT2D eigenvalue weighted by molar-refractivity contribution is 0.517. The minimum absolute atomic E-state index is 0.0424. The topological polar surface area (TPSA) is 42.7 Å². The quantitative estimate of drug-likeness (QED) is 0.157. The van der Waals surface area contributed by atoms with Crippen LogP contribution in [-0.4, -0.2) is 0 Å². The number of para-hydroxylation sites is 1. The second kappa shape index (κ2) is 13.5. The lowest BCUT2D eigenvalue weighted by atomic mass is 9.78. The maximum Gasteiger partial charge on any atom is 0.139 e. The molecule has 0 N–H and O–H groups in total. The van der Waals surface area contributed by atoms with Crippen molar-refractivity contribution in [2.75, 3.05) is 4.90 Å². The molecule has 4 nitrogen and oxygen atoms in total. The smallest absolute Gasteiger partial charge is 0.139 e. The van der Waals surface area contributed by atoms with Crippen molar-refractivity contribution >= 4 is 74.4 Å². The van der Waals surface area contributed by atoms with E-state index in [1.807, 2.05) is 18.6 Å². The first-order valence-corrected chi connectivity index (χ1v) is 19.8. The minimum Gasteiger partial charge on any atom is -0.463 e. The molecular formula is C48H47NO3S2. The van der Waals surface area contributed by atoms with Gasteiger partial charge >= 0.3 is 0 Å². The number of nitrogens with zero attached hydrogens (tertiary/aromatic N) is 1. The molecule has 0 aliphatic carbocycles. The van der Waals surface area contributed by atoms with Crippen LogP contribution >= 0.6 is 24.4 Å². The number of anilines is 3. The number of thiol groups is 1. The van der Waals surface area contributed by atoms with Gasteiger partial charge in [-0.25, -0.2) is 0 Å². The van der Waals surface area contributed by atoms with Crippen LogP contribution in [0, 0.1) is 0 Å². The molecule has 0 unspecified atom stereocenters. The molecule has 0 saturated carbocycles. The zero-order valence-electron chi connectivity index (χ0n) is 32.3. The average molecular weight is 750 g/mol. The molecule has 6 heteroatoms. The first kappa shape index (κ1) is 36.2. The lowest BCUT2D eigenvalue weighted by Crippen LogP contribution is -2.20. The van der Waals surface area contributed by atoms with Crippen LogP contribution in [0.15, 0.2) is 150 Å². The Hall–Kier alpha value is -4.78. The van der Waals surface area contributed by atoms with Gasteiger partial charge in [0, 0.05) is 32.4 Å². The molecule has 0 aliphatic rings. The predicted molar refractivity (Wildman–Crippen MR) is 229 cm³/mol. The van der Waals surface area contributed by atoms with E-state index in [2.05, 4.69) is 170 Å². The standard InChI is InChI=1S/C48H47NO3S2/c1-46(2,3)31-15-19-34(20-16-31)49(35-12-10-13-36(25-35)54-44-29-51-42-21-17-32(23-39(42)44)47(4,5)6)40-27-52-45-30(11-9-14-37(40)45)26-48(7,8)33-18-22-41-38(24-33)43(53)28-50-41/h9-25,27-29,53H,26H2,1-8H3. The fourth-order valence-corrected chi connectivity index (χ4v) is 8.51.